The van der Waals surface area contributed by atoms with Crippen LogP contribution in [0.25, 0.3) is 0 Å². The van der Waals surface area contributed by atoms with Crippen LogP contribution in [0, 0.1) is 0 Å². The van der Waals surface area contributed by atoms with Crippen molar-refractivity contribution in [1.82, 2.24) is 15.5 Å². The van der Waals surface area contributed by atoms with Gasteiger partial charge in [-0.1, -0.05) is 0 Å². The Kier molecular flexibility index (Phi) is 11.2. The van der Waals surface area contributed by atoms with Gasteiger partial charge in [0.25, 0.3) is 0 Å². The van der Waals surface area contributed by atoms with Crippen molar-refractivity contribution < 1.29 is 29.4 Å². The molecule has 0 saturated carbocycles. The number of likely N-dealkylation sites (tertiary alicyclic amines) is 1. The van der Waals surface area contributed by atoms with Gasteiger partial charge in [0, 0.05) is 18.8 Å². The number of nitrogens with two attached hydrogens (primary N) is 3. The largest absolute Gasteiger partial charge is 0.480 e. The molecule has 1 heterocycles. The van der Waals surface area contributed by atoms with E-state index in [4.69, 9.17) is 22.3 Å². The summed E-state index contributed by atoms with van der Waals surface area (Å²) in [6.45, 7) is 1.93. The van der Waals surface area contributed by atoms with Gasteiger partial charge in [0.1, 0.15) is 18.1 Å². The SMILES string of the molecule is CC(O)C(NC(=O)C1CCCN1C(=O)C(N)CCCN=C(N)N)C(=O)NC(CS)C(=O)O. The lowest BCUT2D eigenvalue weighted by atomic mass is 10.1. The topological polar surface area (TPSA) is 226 Å². The number of nitrogens with zero attached hydrogens (tertiary/aromatic N) is 2. The number of thiol groups is 1. The maximum absolute atomic E-state index is 12.8. The molecule has 1 fully saturated rings. The van der Waals surface area contributed by atoms with Gasteiger partial charge in [-0.15, -0.1) is 0 Å². The highest BCUT2D eigenvalue weighted by Crippen LogP contribution is 2.19. The summed E-state index contributed by atoms with van der Waals surface area (Å²) in [5, 5.41) is 23.6. The van der Waals surface area contributed by atoms with Gasteiger partial charge >= 0.3 is 5.97 Å². The molecule has 14 heteroatoms. The summed E-state index contributed by atoms with van der Waals surface area (Å²) in [5.41, 5.74) is 16.5. The average Bonchev–Trinajstić information content (AvgIpc) is 3.21. The van der Waals surface area contributed by atoms with E-state index in [1.54, 1.807) is 0 Å². The van der Waals surface area contributed by atoms with Crippen molar-refractivity contribution in [1.29, 1.82) is 0 Å². The van der Waals surface area contributed by atoms with Crippen molar-refractivity contribution >= 4 is 42.3 Å². The molecule has 0 aromatic heterocycles. The highest BCUT2D eigenvalue weighted by atomic mass is 32.1. The molecule has 1 saturated heterocycles. The first kappa shape index (κ1) is 27.5. The van der Waals surface area contributed by atoms with Crippen molar-refractivity contribution in [2.24, 2.45) is 22.2 Å². The number of carboxylic acids is 1. The number of amides is 3. The molecule has 10 N–H and O–H groups in total. The van der Waals surface area contributed by atoms with Crippen LogP contribution in [0.3, 0.4) is 0 Å². The molecule has 182 valence electrons. The fraction of sp³-hybridized carbons (Fsp3) is 0.722. The Morgan fingerprint density at radius 1 is 1.25 bits per heavy atom. The monoisotopic (exact) mass is 475 g/mol. The Morgan fingerprint density at radius 3 is 2.44 bits per heavy atom. The van der Waals surface area contributed by atoms with Gasteiger partial charge in [-0.25, -0.2) is 4.79 Å². The van der Waals surface area contributed by atoms with E-state index in [0.29, 0.717) is 38.8 Å². The molecule has 13 nitrogen and oxygen atoms in total. The van der Waals surface area contributed by atoms with Crippen LogP contribution in [-0.4, -0.2) is 93.9 Å². The Bertz CT molecular complexity index is 716. The summed E-state index contributed by atoms with van der Waals surface area (Å²) in [6.07, 6.45) is 0.420. The molecule has 0 radical (unpaired) electrons. The first-order chi connectivity index (χ1) is 15.0. The molecule has 1 rings (SSSR count). The third kappa shape index (κ3) is 8.16. The number of aliphatic carboxylic acids is 1. The van der Waals surface area contributed by atoms with Crippen LogP contribution in [0.15, 0.2) is 4.99 Å². The Hall–Kier alpha value is -2.58. The third-order valence-electron chi connectivity index (χ3n) is 4.98. The van der Waals surface area contributed by atoms with E-state index in [9.17, 15) is 24.3 Å². The highest BCUT2D eigenvalue weighted by molar-refractivity contribution is 7.80. The second-order valence-corrected chi connectivity index (χ2v) is 7.92. The van der Waals surface area contributed by atoms with Crippen LogP contribution in [0.4, 0.5) is 0 Å². The normalized spacial score (nSPS) is 19.4. The molecule has 0 aromatic rings. The van der Waals surface area contributed by atoms with E-state index < -0.39 is 54.0 Å². The van der Waals surface area contributed by atoms with E-state index in [1.807, 2.05) is 0 Å². The van der Waals surface area contributed by atoms with Crippen LogP contribution < -0.4 is 27.8 Å². The number of hydrogen-bond acceptors (Lipinski definition) is 8. The predicted octanol–water partition coefficient (Wildman–Crippen LogP) is -3.28. The summed E-state index contributed by atoms with van der Waals surface area (Å²) in [7, 11) is 0. The fourth-order valence-corrected chi connectivity index (χ4v) is 3.51. The van der Waals surface area contributed by atoms with Crippen molar-refractivity contribution in [3.8, 4) is 0 Å². The minimum absolute atomic E-state index is 0.0538. The van der Waals surface area contributed by atoms with Crippen LogP contribution in [0.1, 0.15) is 32.6 Å². The number of carbonyl (C=O) groups is 4. The van der Waals surface area contributed by atoms with Crippen molar-refractivity contribution in [3.05, 3.63) is 0 Å². The van der Waals surface area contributed by atoms with Gasteiger partial charge < -0.3 is 42.9 Å². The summed E-state index contributed by atoms with van der Waals surface area (Å²) < 4.78 is 0. The second kappa shape index (κ2) is 13.1. The summed E-state index contributed by atoms with van der Waals surface area (Å²) in [4.78, 5) is 54.2. The number of carbonyl (C=O) groups excluding carboxylic acids is 3. The standard InChI is InChI=1S/C18H33N7O6S/c1-9(26)13(15(28)23-11(8-32)17(30)31)24-14(27)12-5-3-7-25(12)16(29)10(19)4-2-6-22-18(20)21/h9-13,26,32H,2-8,19H2,1H3,(H,23,28)(H,24,27)(H,30,31)(H4,20,21,22). The summed E-state index contributed by atoms with van der Waals surface area (Å²) in [5.74, 6) is -3.45. The van der Waals surface area contributed by atoms with E-state index >= 15 is 0 Å². The predicted molar refractivity (Wildman–Crippen MR) is 120 cm³/mol. The number of guanidine groups is 1. The van der Waals surface area contributed by atoms with Crippen LogP contribution in [0.2, 0.25) is 0 Å². The summed E-state index contributed by atoms with van der Waals surface area (Å²) in [6, 6.07) is -4.40. The third-order valence-corrected chi connectivity index (χ3v) is 5.35. The van der Waals surface area contributed by atoms with Gasteiger partial charge in [0.15, 0.2) is 5.96 Å². The number of carboxylic acid groups (broad SMARTS) is 1. The molecule has 3 amide bonds. The maximum atomic E-state index is 12.8. The van der Waals surface area contributed by atoms with Gasteiger partial charge in [0.05, 0.1) is 12.1 Å². The molecule has 0 bridgehead atoms. The van der Waals surface area contributed by atoms with Crippen molar-refractivity contribution in [2.45, 2.75) is 62.9 Å². The molecule has 5 unspecified atom stereocenters. The Balaban J connectivity index is 2.77. The second-order valence-electron chi connectivity index (χ2n) is 7.55. The minimum Gasteiger partial charge on any atom is -0.480 e. The van der Waals surface area contributed by atoms with E-state index in [1.165, 1.54) is 11.8 Å². The number of rotatable bonds is 12. The molecular weight excluding hydrogens is 442 g/mol. The number of aliphatic imine (C=N–C) groups is 1. The molecule has 5 atom stereocenters. The lowest BCUT2D eigenvalue weighted by molar-refractivity contribution is -0.143. The van der Waals surface area contributed by atoms with Gasteiger partial charge in [-0.05, 0) is 32.6 Å². The maximum Gasteiger partial charge on any atom is 0.327 e. The lowest BCUT2D eigenvalue weighted by Crippen LogP contribution is -2.59. The quantitative estimate of drug-likeness (QED) is 0.0612. The van der Waals surface area contributed by atoms with Crippen molar-refractivity contribution in [2.75, 3.05) is 18.8 Å². The average molecular weight is 476 g/mol. The van der Waals surface area contributed by atoms with Gasteiger partial charge in [-0.3, -0.25) is 19.4 Å². The molecule has 0 aliphatic carbocycles. The van der Waals surface area contributed by atoms with Gasteiger partial charge in [-0.2, -0.15) is 12.6 Å². The Morgan fingerprint density at radius 2 is 1.91 bits per heavy atom. The molecule has 32 heavy (non-hydrogen) atoms. The smallest absolute Gasteiger partial charge is 0.327 e. The number of hydrogen-bond donors (Lipinski definition) is 8. The molecule has 0 spiro atoms. The first-order valence-electron chi connectivity index (χ1n) is 10.2. The van der Waals surface area contributed by atoms with E-state index in [0.717, 1.165) is 0 Å². The number of aliphatic hydroxyl groups is 1. The Labute approximate surface area is 191 Å². The fourth-order valence-electron chi connectivity index (χ4n) is 3.26. The molecule has 1 aliphatic rings. The highest BCUT2D eigenvalue weighted by Gasteiger charge is 2.38. The lowest BCUT2D eigenvalue weighted by Gasteiger charge is -2.29. The van der Waals surface area contributed by atoms with Crippen molar-refractivity contribution in [3.63, 3.8) is 0 Å². The molecule has 0 aromatic carbocycles. The number of nitrogens with one attached hydrogen (secondary N) is 2. The molecular formula is C18H33N7O6S. The number of aliphatic hydroxyl groups excluding tert-OH is 1. The zero-order valence-electron chi connectivity index (χ0n) is 17.9. The zero-order chi connectivity index (χ0) is 24.4. The first-order valence-corrected chi connectivity index (χ1v) is 10.9. The molecule has 1 aliphatic heterocycles. The summed E-state index contributed by atoms with van der Waals surface area (Å²) >= 11 is 3.86. The van der Waals surface area contributed by atoms with E-state index in [2.05, 4.69) is 28.3 Å². The minimum atomic E-state index is -1.41. The van der Waals surface area contributed by atoms with Crippen LogP contribution in [0.5, 0.6) is 0 Å². The van der Waals surface area contributed by atoms with Gasteiger partial charge in [0.2, 0.25) is 17.7 Å². The van der Waals surface area contributed by atoms with Crippen LogP contribution >= 0.6 is 12.6 Å². The zero-order valence-corrected chi connectivity index (χ0v) is 18.8. The van der Waals surface area contributed by atoms with E-state index in [-0.39, 0.29) is 11.7 Å². The van der Waals surface area contributed by atoms with Crippen LogP contribution in [-0.2, 0) is 19.2 Å².